The number of rotatable bonds is 49. The number of unbranched alkanes of at least 4 members (excludes halogenated alkanes) is 34. The highest BCUT2D eigenvalue weighted by Crippen LogP contribution is 2.18. The van der Waals surface area contributed by atoms with E-state index in [9.17, 15) is 14.4 Å². The molecule has 0 aliphatic heterocycles. The molecule has 0 radical (unpaired) electrons. The normalized spacial score (nSPS) is 12.0. The molecule has 1 atom stereocenters. The fourth-order valence-corrected chi connectivity index (χ4v) is 8.34. The first-order valence-corrected chi connectivity index (χ1v) is 27.2. The lowest BCUT2D eigenvalue weighted by Crippen LogP contribution is -2.30. The summed E-state index contributed by atoms with van der Waals surface area (Å²) in [5.41, 5.74) is 0. The summed E-state index contributed by atoms with van der Waals surface area (Å²) in [6, 6.07) is 0. The third-order valence-corrected chi connectivity index (χ3v) is 12.5. The summed E-state index contributed by atoms with van der Waals surface area (Å²) in [5.74, 6) is 0.810. The van der Waals surface area contributed by atoms with Gasteiger partial charge in [-0.05, 0) is 31.1 Å². The molecule has 362 valence electrons. The van der Waals surface area contributed by atoms with Crippen LogP contribution >= 0.6 is 0 Å². The zero-order chi connectivity index (χ0) is 44.7. The van der Waals surface area contributed by atoms with E-state index in [2.05, 4.69) is 34.6 Å². The van der Waals surface area contributed by atoms with Crippen molar-refractivity contribution in [3.8, 4) is 0 Å². The third kappa shape index (κ3) is 49.3. The van der Waals surface area contributed by atoms with Crippen LogP contribution in [0.25, 0.3) is 0 Å². The van der Waals surface area contributed by atoms with E-state index < -0.39 is 6.10 Å². The molecule has 0 unspecified atom stereocenters. The summed E-state index contributed by atoms with van der Waals surface area (Å²) >= 11 is 0. The lowest BCUT2D eigenvalue weighted by molar-refractivity contribution is -0.167. The Balaban J connectivity index is 4.27. The molecular weight excluding hydrogens is 757 g/mol. The summed E-state index contributed by atoms with van der Waals surface area (Å²) in [4.78, 5) is 38.0. The highest BCUT2D eigenvalue weighted by atomic mass is 16.6. The maximum atomic E-state index is 12.8. The van der Waals surface area contributed by atoms with E-state index in [0.717, 1.165) is 69.6 Å². The molecule has 0 aromatic rings. The van der Waals surface area contributed by atoms with Crippen molar-refractivity contribution in [3.63, 3.8) is 0 Å². The predicted molar refractivity (Wildman–Crippen MR) is 261 cm³/mol. The Morgan fingerprint density at radius 3 is 0.803 bits per heavy atom. The molecule has 0 saturated heterocycles. The van der Waals surface area contributed by atoms with Crippen LogP contribution in [0.4, 0.5) is 0 Å². The molecule has 0 bridgehead atoms. The van der Waals surface area contributed by atoms with Crippen LogP contribution in [0, 0.1) is 11.8 Å². The topological polar surface area (TPSA) is 78.9 Å². The molecule has 0 rings (SSSR count). The van der Waals surface area contributed by atoms with E-state index in [1.807, 2.05) is 0 Å². The van der Waals surface area contributed by atoms with Crippen molar-refractivity contribution in [3.05, 3.63) is 0 Å². The van der Waals surface area contributed by atoms with Crippen molar-refractivity contribution in [2.45, 2.75) is 310 Å². The van der Waals surface area contributed by atoms with E-state index in [4.69, 9.17) is 14.2 Å². The smallest absolute Gasteiger partial charge is 0.306 e. The minimum absolute atomic E-state index is 0.0634. The summed E-state index contributed by atoms with van der Waals surface area (Å²) in [7, 11) is 0. The molecule has 0 aromatic carbocycles. The second-order valence-electron chi connectivity index (χ2n) is 19.8. The van der Waals surface area contributed by atoms with Gasteiger partial charge < -0.3 is 14.2 Å². The molecule has 0 saturated carbocycles. The maximum absolute atomic E-state index is 12.8. The average molecular weight is 863 g/mol. The summed E-state index contributed by atoms with van der Waals surface area (Å²) in [5, 5.41) is 0. The van der Waals surface area contributed by atoms with Crippen LogP contribution in [0.2, 0.25) is 0 Å². The van der Waals surface area contributed by atoms with Gasteiger partial charge in [0.05, 0.1) is 0 Å². The number of carbonyl (C=O) groups is 3. The minimum atomic E-state index is -0.762. The fourth-order valence-electron chi connectivity index (χ4n) is 8.34. The van der Waals surface area contributed by atoms with Gasteiger partial charge in [-0.3, -0.25) is 14.4 Å². The van der Waals surface area contributed by atoms with Gasteiger partial charge in [0.1, 0.15) is 13.2 Å². The SMILES string of the molecule is CCCCCCCCCCCCCCCC(=O)OC[C@H](COC(=O)CCCCCCCCCCCCCCCCCC(C)C)OC(=O)CCCCCCCCCCCC(C)C. The molecule has 0 N–H and O–H groups in total. The molecule has 6 nitrogen and oxygen atoms in total. The molecule has 0 aliphatic carbocycles. The van der Waals surface area contributed by atoms with E-state index in [1.54, 1.807) is 0 Å². The second-order valence-corrected chi connectivity index (χ2v) is 19.8. The molecule has 0 spiro atoms. The molecule has 0 aliphatic rings. The van der Waals surface area contributed by atoms with E-state index in [1.165, 1.54) is 193 Å². The summed E-state index contributed by atoms with van der Waals surface area (Å²) in [6.07, 6.45) is 49.5. The monoisotopic (exact) mass is 863 g/mol. The third-order valence-electron chi connectivity index (χ3n) is 12.5. The van der Waals surface area contributed by atoms with Gasteiger partial charge in [0.25, 0.3) is 0 Å². The van der Waals surface area contributed by atoms with Gasteiger partial charge in [-0.2, -0.15) is 0 Å². The number of ether oxygens (including phenoxy) is 3. The lowest BCUT2D eigenvalue weighted by atomic mass is 10.0. The van der Waals surface area contributed by atoms with Gasteiger partial charge in [0.2, 0.25) is 0 Å². The van der Waals surface area contributed by atoms with Crippen LogP contribution in [-0.4, -0.2) is 37.2 Å². The van der Waals surface area contributed by atoms with Gasteiger partial charge in [0, 0.05) is 19.3 Å². The molecular formula is C55H106O6. The molecule has 0 amide bonds. The van der Waals surface area contributed by atoms with Crippen molar-refractivity contribution in [2.75, 3.05) is 13.2 Å². The average Bonchev–Trinajstić information content (AvgIpc) is 3.23. The van der Waals surface area contributed by atoms with Crippen LogP contribution < -0.4 is 0 Å². The first kappa shape index (κ1) is 59.4. The minimum Gasteiger partial charge on any atom is -0.462 e. The van der Waals surface area contributed by atoms with Crippen LogP contribution in [0.1, 0.15) is 304 Å². The molecule has 0 heterocycles. The molecule has 0 aromatic heterocycles. The van der Waals surface area contributed by atoms with Crippen molar-refractivity contribution in [1.29, 1.82) is 0 Å². The quantitative estimate of drug-likeness (QED) is 0.0344. The highest BCUT2D eigenvalue weighted by molar-refractivity contribution is 5.71. The first-order valence-electron chi connectivity index (χ1n) is 27.2. The Hall–Kier alpha value is -1.59. The Kier molecular flexibility index (Phi) is 46.6. The van der Waals surface area contributed by atoms with E-state index in [-0.39, 0.29) is 31.1 Å². The maximum Gasteiger partial charge on any atom is 0.306 e. The fraction of sp³-hybridized carbons (Fsp3) is 0.945. The zero-order valence-electron chi connectivity index (χ0n) is 41.8. The lowest BCUT2D eigenvalue weighted by Gasteiger charge is -2.18. The highest BCUT2D eigenvalue weighted by Gasteiger charge is 2.19. The van der Waals surface area contributed by atoms with E-state index >= 15 is 0 Å². The van der Waals surface area contributed by atoms with Crippen LogP contribution in [0.5, 0.6) is 0 Å². The summed E-state index contributed by atoms with van der Waals surface area (Å²) < 4.78 is 16.8. The first-order chi connectivity index (χ1) is 29.7. The van der Waals surface area contributed by atoms with Crippen molar-refractivity contribution in [1.82, 2.24) is 0 Å². The number of esters is 3. The van der Waals surface area contributed by atoms with Gasteiger partial charge in [0.15, 0.2) is 6.10 Å². The van der Waals surface area contributed by atoms with Crippen molar-refractivity contribution >= 4 is 17.9 Å². The molecule has 0 fully saturated rings. The Labute approximate surface area is 380 Å². The van der Waals surface area contributed by atoms with E-state index in [0.29, 0.717) is 19.3 Å². The second kappa shape index (κ2) is 47.9. The van der Waals surface area contributed by atoms with Crippen molar-refractivity contribution < 1.29 is 28.6 Å². The van der Waals surface area contributed by atoms with Gasteiger partial charge in [-0.1, -0.05) is 266 Å². The molecule has 6 heteroatoms. The van der Waals surface area contributed by atoms with Gasteiger partial charge in [-0.15, -0.1) is 0 Å². The zero-order valence-corrected chi connectivity index (χ0v) is 41.8. The largest absolute Gasteiger partial charge is 0.462 e. The summed E-state index contributed by atoms with van der Waals surface area (Å²) in [6.45, 7) is 11.4. The van der Waals surface area contributed by atoms with Crippen LogP contribution in [-0.2, 0) is 28.6 Å². The number of carbonyl (C=O) groups excluding carboxylic acids is 3. The Morgan fingerprint density at radius 2 is 0.541 bits per heavy atom. The van der Waals surface area contributed by atoms with Gasteiger partial charge >= 0.3 is 17.9 Å². The Morgan fingerprint density at radius 1 is 0.311 bits per heavy atom. The van der Waals surface area contributed by atoms with Gasteiger partial charge in [-0.25, -0.2) is 0 Å². The number of hydrogen-bond donors (Lipinski definition) is 0. The molecule has 61 heavy (non-hydrogen) atoms. The predicted octanol–water partition coefficient (Wildman–Crippen LogP) is 17.7. The Bertz CT molecular complexity index is 931. The number of hydrogen-bond acceptors (Lipinski definition) is 6. The standard InChI is InChI=1S/C55H106O6/c1-6-7-8-9-10-11-12-16-20-25-30-35-40-45-53(56)59-48-52(61-55(58)47-42-37-32-27-22-24-29-34-39-44-51(4)5)49-60-54(57)46-41-36-31-26-21-18-15-13-14-17-19-23-28-33-38-43-50(2)3/h50-52H,6-49H2,1-5H3/t52-/m1/s1. The van der Waals surface area contributed by atoms with Crippen LogP contribution in [0.3, 0.4) is 0 Å². The van der Waals surface area contributed by atoms with Crippen molar-refractivity contribution in [2.24, 2.45) is 11.8 Å². The van der Waals surface area contributed by atoms with Crippen LogP contribution in [0.15, 0.2) is 0 Å².